The fourth-order valence-corrected chi connectivity index (χ4v) is 2.56. The number of benzene rings is 1. The Hall–Kier alpha value is -2.01. The Morgan fingerprint density at radius 3 is 2.67 bits per heavy atom. The number of methoxy groups -OCH3 is 1. The molecule has 0 bridgehead atoms. The van der Waals surface area contributed by atoms with Gasteiger partial charge in [0.25, 0.3) is 0 Å². The second-order valence-corrected chi connectivity index (χ2v) is 5.86. The molecule has 5 heteroatoms. The second kappa shape index (κ2) is 7.69. The van der Waals surface area contributed by atoms with Crippen LogP contribution in [0.3, 0.4) is 0 Å². The summed E-state index contributed by atoms with van der Waals surface area (Å²) in [7, 11) is 1.63. The van der Waals surface area contributed by atoms with Crippen LogP contribution in [0.5, 0.6) is 5.75 Å². The van der Waals surface area contributed by atoms with Gasteiger partial charge in [-0.15, -0.1) is 0 Å². The van der Waals surface area contributed by atoms with Crippen molar-refractivity contribution in [2.24, 2.45) is 0 Å². The third kappa shape index (κ3) is 4.79. The number of carbonyl (C=O) groups excluding carboxylic acids is 1. The van der Waals surface area contributed by atoms with Gasteiger partial charge in [-0.2, -0.15) is 0 Å². The Kier molecular flexibility index (Phi) is 5.63. The maximum absolute atomic E-state index is 12.1. The molecular formula is C16H18N2O2S. The number of rotatable bonds is 6. The molecule has 0 aliphatic rings. The zero-order valence-corrected chi connectivity index (χ0v) is 12.9. The van der Waals surface area contributed by atoms with Crippen LogP contribution in [-0.4, -0.2) is 23.3 Å². The average Bonchev–Trinajstić information content (AvgIpc) is 2.54. The van der Waals surface area contributed by atoms with E-state index in [2.05, 4.69) is 10.3 Å². The van der Waals surface area contributed by atoms with Crippen LogP contribution < -0.4 is 10.1 Å². The normalized spacial score (nSPS) is 11.7. The molecule has 1 aromatic heterocycles. The molecule has 0 saturated heterocycles. The molecular weight excluding hydrogens is 284 g/mol. The van der Waals surface area contributed by atoms with Gasteiger partial charge in [0.05, 0.1) is 17.4 Å². The highest BCUT2D eigenvalue weighted by Gasteiger charge is 2.14. The van der Waals surface area contributed by atoms with Crippen molar-refractivity contribution in [2.45, 2.75) is 23.7 Å². The monoisotopic (exact) mass is 302 g/mol. The Labute approximate surface area is 128 Å². The molecule has 1 aromatic carbocycles. The van der Waals surface area contributed by atoms with Gasteiger partial charge in [-0.3, -0.25) is 4.79 Å². The van der Waals surface area contributed by atoms with Crippen molar-refractivity contribution in [1.29, 1.82) is 0 Å². The number of nitrogens with one attached hydrogen (secondary N) is 1. The Morgan fingerprint density at radius 2 is 2.05 bits per heavy atom. The Bertz CT molecular complexity index is 573. The third-order valence-corrected chi connectivity index (χ3v) is 3.98. The van der Waals surface area contributed by atoms with Crippen molar-refractivity contribution < 1.29 is 9.53 Å². The SMILES string of the molecule is COc1ccc(CNC(=O)C(C)Sc2ccccn2)cc1. The van der Waals surface area contributed by atoms with E-state index in [-0.39, 0.29) is 11.2 Å². The van der Waals surface area contributed by atoms with Crippen molar-refractivity contribution in [3.63, 3.8) is 0 Å². The number of nitrogens with zero attached hydrogens (tertiary/aromatic N) is 1. The molecule has 0 saturated carbocycles. The molecule has 1 heterocycles. The third-order valence-electron chi connectivity index (χ3n) is 2.93. The zero-order chi connectivity index (χ0) is 15.1. The first-order valence-corrected chi connectivity index (χ1v) is 7.55. The molecule has 4 nitrogen and oxygen atoms in total. The van der Waals surface area contributed by atoms with Gasteiger partial charge in [0.1, 0.15) is 5.75 Å². The molecule has 1 amide bonds. The number of carbonyl (C=O) groups is 1. The number of aromatic nitrogens is 1. The van der Waals surface area contributed by atoms with E-state index in [4.69, 9.17) is 4.74 Å². The minimum absolute atomic E-state index is 0.00136. The van der Waals surface area contributed by atoms with Gasteiger partial charge in [0.15, 0.2) is 0 Å². The number of hydrogen-bond donors (Lipinski definition) is 1. The number of ether oxygens (including phenoxy) is 1. The van der Waals surface area contributed by atoms with Gasteiger partial charge >= 0.3 is 0 Å². The fourth-order valence-electron chi connectivity index (χ4n) is 1.73. The summed E-state index contributed by atoms with van der Waals surface area (Å²) < 4.78 is 5.10. The Balaban J connectivity index is 1.83. The summed E-state index contributed by atoms with van der Waals surface area (Å²) >= 11 is 1.45. The van der Waals surface area contributed by atoms with Gasteiger partial charge in [-0.25, -0.2) is 4.98 Å². The highest BCUT2D eigenvalue weighted by Crippen LogP contribution is 2.20. The predicted molar refractivity (Wildman–Crippen MR) is 84.4 cm³/mol. The lowest BCUT2D eigenvalue weighted by atomic mass is 10.2. The molecule has 2 rings (SSSR count). The number of amides is 1. The van der Waals surface area contributed by atoms with Gasteiger partial charge in [-0.05, 0) is 36.8 Å². The second-order valence-electron chi connectivity index (χ2n) is 4.49. The van der Waals surface area contributed by atoms with Crippen molar-refractivity contribution in [3.8, 4) is 5.75 Å². The summed E-state index contributed by atoms with van der Waals surface area (Å²) in [4.78, 5) is 16.3. The quantitative estimate of drug-likeness (QED) is 0.834. The summed E-state index contributed by atoms with van der Waals surface area (Å²) in [6, 6.07) is 13.3. The summed E-state index contributed by atoms with van der Waals surface area (Å²) in [6.45, 7) is 2.39. The van der Waals surface area contributed by atoms with Crippen LogP contribution in [0.15, 0.2) is 53.7 Å². The summed E-state index contributed by atoms with van der Waals surface area (Å²) in [5.41, 5.74) is 1.04. The van der Waals surface area contributed by atoms with E-state index in [1.165, 1.54) is 11.8 Å². The van der Waals surface area contributed by atoms with E-state index < -0.39 is 0 Å². The van der Waals surface area contributed by atoms with E-state index in [0.29, 0.717) is 6.54 Å². The van der Waals surface area contributed by atoms with E-state index in [0.717, 1.165) is 16.3 Å². The molecule has 0 aliphatic carbocycles. The van der Waals surface area contributed by atoms with Crippen LogP contribution in [-0.2, 0) is 11.3 Å². The first-order chi connectivity index (χ1) is 10.2. The molecule has 0 aliphatic heterocycles. The van der Waals surface area contributed by atoms with E-state index in [9.17, 15) is 4.79 Å². The van der Waals surface area contributed by atoms with Crippen molar-refractivity contribution in [2.75, 3.05) is 7.11 Å². The maximum Gasteiger partial charge on any atom is 0.233 e. The summed E-state index contributed by atoms with van der Waals surface area (Å²) in [6.07, 6.45) is 1.73. The van der Waals surface area contributed by atoms with Gasteiger partial charge in [-0.1, -0.05) is 30.0 Å². The molecule has 21 heavy (non-hydrogen) atoms. The van der Waals surface area contributed by atoms with Crippen LogP contribution >= 0.6 is 11.8 Å². The van der Waals surface area contributed by atoms with Crippen LogP contribution in [0.2, 0.25) is 0 Å². The van der Waals surface area contributed by atoms with Crippen LogP contribution in [0.1, 0.15) is 12.5 Å². The highest BCUT2D eigenvalue weighted by atomic mass is 32.2. The standard InChI is InChI=1S/C16H18N2O2S/c1-12(21-15-5-3-4-10-17-15)16(19)18-11-13-6-8-14(20-2)9-7-13/h3-10,12H,11H2,1-2H3,(H,18,19). The lowest BCUT2D eigenvalue weighted by Crippen LogP contribution is -2.30. The summed E-state index contributed by atoms with van der Waals surface area (Å²) in [5.74, 6) is 0.811. The Morgan fingerprint density at radius 1 is 1.29 bits per heavy atom. The molecule has 1 unspecified atom stereocenters. The molecule has 0 radical (unpaired) electrons. The maximum atomic E-state index is 12.1. The van der Waals surface area contributed by atoms with Gasteiger partial charge < -0.3 is 10.1 Å². The van der Waals surface area contributed by atoms with Crippen LogP contribution in [0.4, 0.5) is 0 Å². The van der Waals surface area contributed by atoms with Gasteiger partial charge in [0, 0.05) is 12.7 Å². The van der Waals surface area contributed by atoms with Crippen LogP contribution in [0, 0.1) is 0 Å². The molecule has 0 fully saturated rings. The van der Waals surface area contributed by atoms with E-state index >= 15 is 0 Å². The smallest absolute Gasteiger partial charge is 0.233 e. The number of pyridine rings is 1. The first-order valence-electron chi connectivity index (χ1n) is 6.67. The van der Waals surface area contributed by atoms with Crippen LogP contribution in [0.25, 0.3) is 0 Å². The molecule has 0 spiro atoms. The van der Waals surface area contributed by atoms with E-state index in [1.807, 2.05) is 49.4 Å². The van der Waals surface area contributed by atoms with Crippen molar-refractivity contribution in [1.82, 2.24) is 10.3 Å². The predicted octanol–water partition coefficient (Wildman–Crippen LogP) is 2.89. The largest absolute Gasteiger partial charge is 0.497 e. The highest BCUT2D eigenvalue weighted by molar-refractivity contribution is 8.00. The number of thioether (sulfide) groups is 1. The minimum Gasteiger partial charge on any atom is -0.497 e. The first kappa shape index (κ1) is 15.4. The fraction of sp³-hybridized carbons (Fsp3) is 0.250. The van der Waals surface area contributed by atoms with Crippen molar-refractivity contribution >= 4 is 17.7 Å². The van der Waals surface area contributed by atoms with E-state index in [1.54, 1.807) is 13.3 Å². The zero-order valence-electron chi connectivity index (χ0n) is 12.1. The lowest BCUT2D eigenvalue weighted by molar-refractivity contribution is -0.120. The molecule has 1 atom stereocenters. The lowest BCUT2D eigenvalue weighted by Gasteiger charge is -2.11. The topological polar surface area (TPSA) is 51.2 Å². The molecule has 2 aromatic rings. The summed E-state index contributed by atoms with van der Waals surface area (Å²) in [5, 5.41) is 3.60. The molecule has 110 valence electrons. The van der Waals surface area contributed by atoms with Crippen molar-refractivity contribution in [3.05, 3.63) is 54.2 Å². The van der Waals surface area contributed by atoms with Gasteiger partial charge in [0.2, 0.25) is 5.91 Å². The average molecular weight is 302 g/mol. The molecule has 1 N–H and O–H groups in total. The minimum atomic E-state index is -0.182. The number of hydrogen-bond acceptors (Lipinski definition) is 4.